The average molecular weight is 323 g/mol. The summed E-state index contributed by atoms with van der Waals surface area (Å²) in [4.78, 5) is 0. The van der Waals surface area contributed by atoms with Crippen molar-refractivity contribution >= 4 is 10.0 Å². The third-order valence-corrected chi connectivity index (χ3v) is 4.27. The van der Waals surface area contributed by atoms with Crippen LogP contribution in [0.3, 0.4) is 0 Å². The van der Waals surface area contributed by atoms with Crippen LogP contribution >= 0.6 is 0 Å². The predicted octanol–water partition coefficient (Wildman–Crippen LogP) is 2.84. The zero-order valence-electron chi connectivity index (χ0n) is 12.3. The number of nitrogens with one attached hydrogen (secondary N) is 1. The topological polar surface area (TPSA) is 55.4 Å². The Morgan fingerprint density at radius 1 is 1.09 bits per heavy atom. The lowest BCUT2D eigenvalue weighted by molar-refractivity contribution is 0.340. The Hall–Kier alpha value is -1.92. The molecule has 1 N–H and O–H groups in total. The van der Waals surface area contributed by atoms with E-state index in [0.717, 1.165) is 5.56 Å². The number of halogens is 1. The van der Waals surface area contributed by atoms with Gasteiger partial charge in [-0.15, -0.1) is 0 Å². The number of hydrogen-bond acceptors (Lipinski definition) is 3. The molecule has 0 saturated heterocycles. The van der Waals surface area contributed by atoms with Crippen molar-refractivity contribution < 1.29 is 17.5 Å². The molecular formula is C16H18FNO3S. The van der Waals surface area contributed by atoms with E-state index in [9.17, 15) is 12.8 Å². The fourth-order valence-corrected chi connectivity index (χ4v) is 3.08. The van der Waals surface area contributed by atoms with E-state index in [-0.39, 0.29) is 18.1 Å². The minimum absolute atomic E-state index is 0.182. The van der Waals surface area contributed by atoms with E-state index in [2.05, 4.69) is 4.72 Å². The van der Waals surface area contributed by atoms with E-state index >= 15 is 0 Å². The summed E-state index contributed by atoms with van der Waals surface area (Å²) in [7, 11) is -3.48. The highest BCUT2D eigenvalue weighted by atomic mass is 32.2. The van der Waals surface area contributed by atoms with Gasteiger partial charge in [0, 0.05) is 6.54 Å². The smallest absolute Gasteiger partial charge is 0.216 e. The lowest BCUT2D eigenvalue weighted by atomic mass is 10.2. The molecule has 0 radical (unpaired) electrons. The van der Waals surface area contributed by atoms with E-state index in [4.69, 9.17) is 4.74 Å². The maximum atomic E-state index is 12.8. The second kappa shape index (κ2) is 7.38. The maximum absolute atomic E-state index is 12.8. The zero-order valence-corrected chi connectivity index (χ0v) is 13.1. The normalized spacial score (nSPS) is 11.4. The summed E-state index contributed by atoms with van der Waals surface area (Å²) >= 11 is 0. The number of hydrogen-bond donors (Lipinski definition) is 1. The van der Waals surface area contributed by atoms with Crippen molar-refractivity contribution in [3.8, 4) is 5.75 Å². The van der Waals surface area contributed by atoms with Crippen LogP contribution in [0.25, 0.3) is 0 Å². The number of benzene rings is 2. The van der Waals surface area contributed by atoms with Crippen molar-refractivity contribution in [2.75, 3.05) is 6.61 Å². The van der Waals surface area contributed by atoms with Crippen LogP contribution in [-0.2, 0) is 22.3 Å². The van der Waals surface area contributed by atoms with Crippen LogP contribution in [0.5, 0.6) is 5.75 Å². The zero-order chi connectivity index (χ0) is 16.0. The van der Waals surface area contributed by atoms with Crippen LogP contribution in [0.1, 0.15) is 18.1 Å². The van der Waals surface area contributed by atoms with E-state index in [1.807, 2.05) is 25.1 Å². The van der Waals surface area contributed by atoms with Gasteiger partial charge in [-0.2, -0.15) is 0 Å². The molecular weight excluding hydrogens is 305 g/mol. The first-order chi connectivity index (χ1) is 10.5. The lowest BCUT2D eigenvalue weighted by Gasteiger charge is -2.09. The average Bonchev–Trinajstić information content (AvgIpc) is 2.48. The van der Waals surface area contributed by atoms with Crippen LogP contribution in [0.15, 0.2) is 48.5 Å². The molecule has 2 aromatic rings. The molecule has 0 amide bonds. The molecule has 2 aromatic carbocycles. The molecule has 0 aliphatic carbocycles. The molecule has 0 bridgehead atoms. The molecule has 118 valence electrons. The van der Waals surface area contributed by atoms with Gasteiger partial charge in [-0.1, -0.05) is 24.3 Å². The fourth-order valence-electron chi connectivity index (χ4n) is 1.96. The molecule has 0 aliphatic heterocycles. The molecule has 0 heterocycles. The number of ether oxygens (including phenoxy) is 1. The van der Waals surface area contributed by atoms with Gasteiger partial charge < -0.3 is 4.74 Å². The van der Waals surface area contributed by atoms with Gasteiger partial charge in [0.25, 0.3) is 0 Å². The molecule has 0 unspecified atom stereocenters. The van der Waals surface area contributed by atoms with Gasteiger partial charge in [0.15, 0.2) is 0 Å². The van der Waals surface area contributed by atoms with E-state index in [0.29, 0.717) is 17.9 Å². The fraction of sp³-hybridized carbons (Fsp3) is 0.250. The van der Waals surface area contributed by atoms with Crippen LogP contribution in [0.2, 0.25) is 0 Å². The Morgan fingerprint density at radius 3 is 2.50 bits per heavy atom. The first-order valence-corrected chi connectivity index (χ1v) is 8.57. The molecule has 0 aromatic heterocycles. The molecule has 0 aliphatic rings. The summed E-state index contributed by atoms with van der Waals surface area (Å²) < 4.78 is 44.8. The monoisotopic (exact) mass is 323 g/mol. The first kappa shape index (κ1) is 16.5. The largest absolute Gasteiger partial charge is 0.494 e. The second-order valence-electron chi connectivity index (χ2n) is 4.79. The highest BCUT2D eigenvalue weighted by Gasteiger charge is 2.11. The minimum Gasteiger partial charge on any atom is -0.494 e. The molecule has 0 saturated carbocycles. The Morgan fingerprint density at radius 2 is 1.82 bits per heavy atom. The van der Waals surface area contributed by atoms with Crippen molar-refractivity contribution in [2.45, 2.75) is 19.2 Å². The van der Waals surface area contributed by atoms with Gasteiger partial charge in [0.05, 0.1) is 12.4 Å². The Bertz CT molecular complexity index is 714. The molecule has 0 atom stereocenters. The summed E-state index contributed by atoms with van der Waals surface area (Å²) in [6.45, 7) is 2.63. The molecule has 0 spiro atoms. The van der Waals surface area contributed by atoms with E-state index in [1.165, 1.54) is 24.3 Å². The Labute approximate surface area is 130 Å². The van der Waals surface area contributed by atoms with Gasteiger partial charge in [-0.3, -0.25) is 0 Å². The van der Waals surface area contributed by atoms with Crippen molar-refractivity contribution in [3.05, 3.63) is 65.5 Å². The van der Waals surface area contributed by atoms with Gasteiger partial charge in [-0.05, 0) is 42.3 Å². The highest BCUT2D eigenvalue weighted by Crippen LogP contribution is 2.14. The molecule has 2 rings (SSSR count). The van der Waals surface area contributed by atoms with E-state index < -0.39 is 10.0 Å². The molecule has 4 nitrogen and oxygen atoms in total. The molecule has 6 heteroatoms. The van der Waals surface area contributed by atoms with Crippen molar-refractivity contribution in [3.63, 3.8) is 0 Å². The number of rotatable bonds is 7. The van der Waals surface area contributed by atoms with Crippen molar-refractivity contribution in [1.82, 2.24) is 4.72 Å². The summed E-state index contributed by atoms with van der Waals surface area (Å²) in [5, 5.41) is 0. The highest BCUT2D eigenvalue weighted by molar-refractivity contribution is 7.88. The van der Waals surface area contributed by atoms with Crippen LogP contribution in [0, 0.1) is 5.82 Å². The minimum atomic E-state index is -3.48. The SMILES string of the molecule is CCOc1cccc(CNS(=O)(=O)Cc2ccc(F)cc2)c1. The van der Waals surface area contributed by atoms with Crippen molar-refractivity contribution in [1.29, 1.82) is 0 Å². The summed E-state index contributed by atoms with van der Waals surface area (Å²) in [5.41, 5.74) is 1.35. The second-order valence-corrected chi connectivity index (χ2v) is 6.59. The van der Waals surface area contributed by atoms with Gasteiger partial charge >= 0.3 is 0 Å². The van der Waals surface area contributed by atoms with Crippen LogP contribution in [-0.4, -0.2) is 15.0 Å². The van der Waals surface area contributed by atoms with Crippen molar-refractivity contribution in [2.24, 2.45) is 0 Å². The Kier molecular flexibility index (Phi) is 5.51. The standard InChI is InChI=1S/C16H18FNO3S/c1-2-21-16-5-3-4-14(10-16)11-18-22(19,20)12-13-6-8-15(17)9-7-13/h3-10,18H,2,11-12H2,1H3. The predicted molar refractivity (Wildman–Crippen MR) is 83.5 cm³/mol. The van der Waals surface area contributed by atoms with Crippen LogP contribution in [0.4, 0.5) is 4.39 Å². The van der Waals surface area contributed by atoms with Crippen LogP contribution < -0.4 is 9.46 Å². The Balaban J connectivity index is 1.97. The quantitative estimate of drug-likeness (QED) is 0.852. The van der Waals surface area contributed by atoms with Gasteiger partial charge in [-0.25, -0.2) is 17.5 Å². The van der Waals surface area contributed by atoms with Gasteiger partial charge in [0.2, 0.25) is 10.0 Å². The molecule has 0 fully saturated rings. The summed E-state index contributed by atoms with van der Waals surface area (Å²) in [6, 6.07) is 12.7. The maximum Gasteiger partial charge on any atom is 0.216 e. The molecule has 22 heavy (non-hydrogen) atoms. The summed E-state index contributed by atoms with van der Waals surface area (Å²) in [5.74, 6) is 0.137. The first-order valence-electron chi connectivity index (χ1n) is 6.92. The lowest BCUT2D eigenvalue weighted by Crippen LogP contribution is -2.24. The number of sulfonamides is 1. The van der Waals surface area contributed by atoms with E-state index in [1.54, 1.807) is 6.07 Å². The summed E-state index contributed by atoms with van der Waals surface area (Å²) in [6.07, 6.45) is 0. The van der Waals surface area contributed by atoms with Gasteiger partial charge in [0.1, 0.15) is 11.6 Å². The third kappa shape index (κ3) is 5.13. The third-order valence-electron chi connectivity index (χ3n) is 2.98.